The number of anilines is 1. The molecule has 6 nitrogen and oxygen atoms in total. The summed E-state index contributed by atoms with van der Waals surface area (Å²) in [6.45, 7) is 6.63. The van der Waals surface area contributed by atoms with Crippen molar-refractivity contribution in [1.29, 1.82) is 0 Å². The van der Waals surface area contributed by atoms with Gasteiger partial charge in [-0.2, -0.15) is 0 Å². The minimum atomic E-state index is -0.354. The monoisotopic (exact) mass is 385 g/mol. The lowest BCUT2D eigenvalue weighted by Crippen LogP contribution is -2.51. The Labute approximate surface area is 167 Å². The number of carbonyl (C=O) groups excluding carboxylic acids is 2. The number of nitrogens with one attached hydrogen (secondary N) is 1. The quantitative estimate of drug-likeness (QED) is 0.578. The van der Waals surface area contributed by atoms with E-state index in [1.54, 1.807) is 13.0 Å². The van der Waals surface area contributed by atoms with E-state index >= 15 is 0 Å². The van der Waals surface area contributed by atoms with Crippen LogP contribution in [0.15, 0.2) is 30.3 Å². The van der Waals surface area contributed by atoms with E-state index in [0.29, 0.717) is 13.2 Å². The van der Waals surface area contributed by atoms with Crippen LogP contribution in [0.4, 0.5) is 5.69 Å². The number of esters is 1. The van der Waals surface area contributed by atoms with Gasteiger partial charge in [0.05, 0.1) is 13.2 Å². The molecule has 1 saturated carbocycles. The minimum Gasteiger partial charge on any atom is -0.463 e. The van der Waals surface area contributed by atoms with Crippen molar-refractivity contribution in [3.05, 3.63) is 35.9 Å². The fourth-order valence-electron chi connectivity index (χ4n) is 3.99. The number of rotatable bonds is 7. The van der Waals surface area contributed by atoms with Gasteiger partial charge >= 0.3 is 5.97 Å². The van der Waals surface area contributed by atoms with Crippen LogP contribution >= 0.6 is 0 Å². The van der Waals surface area contributed by atoms with Gasteiger partial charge in [0, 0.05) is 44.0 Å². The number of benzene rings is 1. The zero-order valence-corrected chi connectivity index (χ0v) is 16.7. The van der Waals surface area contributed by atoms with E-state index in [2.05, 4.69) is 15.1 Å². The Hall–Kier alpha value is -2.18. The molecule has 3 rings (SSSR count). The number of ether oxygens (including phenoxy) is 1. The first-order valence-corrected chi connectivity index (χ1v) is 10.3. The lowest BCUT2D eigenvalue weighted by atomic mass is 10.2. The van der Waals surface area contributed by atoms with Crippen molar-refractivity contribution >= 4 is 23.6 Å². The third kappa shape index (κ3) is 6.17. The van der Waals surface area contributed by atoms with Crippen molar-refractivity contribution in [2.45, 2.75) is 38.6 Å². The van der Waals surface area contributed by atoms with Gasteiger partial charge in [-0.3, -0.25) is 14.6 Å². The highest BCUT2D eigenvalue weighted by molar-refractivity contribution is 5.92. The molecule has 0 radical (unpaired) electrons. The van der Waals surface area contributed by atoms with Gasteiger partial charge in [-0.05, 0) is 43.5 Å². The molecule has 1 heterocycles. The Morgan fingerprint density at radius 3 is 2.43 bits per heavy atom. The van der Waals surface area contributed by atoms with Crippen LogP contribution in [0.3, 0.4) is 0 Å². The van der Waals surface area contributed by atoms with Gasteiger partial charge in [0.15, 0.2) is 0 Å². The average Bonchev–Trinajstić information content (AvgIpc) is 3.23. The van der Waals surface area contributed by atoms with Crippen LogP contribution < -0.4 is 5.32 Å². The molecule has 2 aliphatic rings. The Bertz CT molecular complexity index is 673. The zero-order chi connectivity index (χ0) is 19.8. The minimum absolute atomic E-state index is 0.0177. The van der Waals surface area contributed by atoms with Crippen LogP contribution in [0.1, 0.15) is 38.2 Å². The molecule has 0 atom stereocenters. The topological polar surface area (TPSA) is 61.9 Å². The summed E-state index contributed by atoms with van der Waals surface area (Å²) in [6.07, 6.45) is 8.52. The van der Waals surface area contributed by atoms with Crippen molar-refractivity contribution in [2.24, 2.45) is 0 Å². The summed E-state index contributed by atoms with van der Waals surface area (Å²) >= 11 is 0. The summed E-state index contributed by atoms with van der Waals surface area (Å²) < 4.78 is 4.86. The van der Waals surface area contributed by atoms with Crippen molar-refractivity contribution in [1.82, 2.24) is 9.80 Å². The molecule has 1 aliphatic carbocycles. The van der Waals surface area contributed by atoms with Gasteiger partial charge in [0.25, 0.3) is 0 Å². The third-order valence-electron chi connectivity index (χ3n) is 5.51. The van der Waals surface area contributed by atoms with Crippen molar-refractivity contribution in [2.75, 3.05) is 44.6 Å². The number of nitrogens with zero attached hydrogens (tertiary/aromatic N) is 2. The predicted octanol–water partition coefficient (Wildman–Crippen LogP) is 2.76. The lowest BCUT2D eigenvalue weighted by Gasteiger charge is -2.37. The Kier molecular flexibility index (Phi) is 7.62. The molecule has 1 aromatic carbocycles. The van der Waals surface area contributed by atoms with Crippen LogP contribution in [-0.2, 0) is 14.3 Å². The highest BCUT2D eigenvalue weighted by atomic mass is 16.5. The van der Waals surface area contributed by atoms with Crippen LogP contribution in [0.2, 0.25) is 0 Å². The number of amides is 1. The molecule has 28 heavy (non-hydrogen) atoms. The van der Waals surface area contributed by atoms with E-state index < -0.39 is 0 Å². The van der Waals surface area contributed by atoms with Gasteiger partial charge in [-0.15, -0.1) is 0 Å². The van der Waals surface area contributed by atoms with Crippen molar-refractivity contribution < 1.29 is 14.3 Å². The van der Waals surface area contributed by atoms with Gasteiger partial charge in [-0.1, -0.05) is 25.0 Å². The predicted molar refractivity (Wildman–Crippen MR) is 111 cm³/mol. The molecule has 152 valence electrons. The summed E-state index contributed by atoms with van der Waals surface area (Å²) in [5.41, 5.74) is 1.65. The first kappa shape index (κ1) is 20.6. The fourth-order valence-corrected chi connectivity index (χ4v) is 3.99. The number of hydrogen-bond acceptors (Lipinski definition) is 5. The van der Waals surface area contributed by atoms with Crippen LogP contribution in [-0.4, -0.2) is 67.0 Å². The fraction of sp³-hybridized carbons (Fsp3) is 0.545. The summed E-state index contributed by atoms with van der Waals surface area (Å²) in [5, 5.41) is 2.96. The van der Waals surface area contributed by atoms with E-state index in [-0.39, 0.29) is 11.9 Å². The van der Waals surface area contributed by atoms with Crippen LogP contribution in [0.25, 0.3) is 6.08 Å². The van der Waals surface area contributed by atoms with Crippen LogP contribution in [0.5, 0.6) is 0 Å². The van der Waals surface area contributed by atoms with E-state index in [1.165, 1.54) is 31.8 Å². The normalized spacial score (nSPS) is 19.2. The molecule has 1 aliphatic heterocycles. The molecular weight excluding hydrogens is 354 g/mol. The molecule has 0 unspecified atom stereocenters. The molecule has 1 aromatic rings. The molecule has 0 spiro atoms. The highest BCUT2D eigenvalue weighted by Gasteiger charge is 2.26. The molecule has 1 saturated heterocycles. The molecule has 0 bridgehead atoms. The van der Waals surface area contributed by atoms with E-state index in [4.69, 9.17) is 4.74 Å². The Morgan fingerprint density at radius 1 is 1.11 bits per heavy atom. The number of carbonyl (C=O) groups is 2. The van der Waals surface area contributed by atoms with E-state index in [9.17, 15) is 9.59 Å². The smallest absolute Gasteiger partial charge is 0.330 e. The Balaban J connectivity index is 1.40. The van der Waals surface area contributed by atoms with Gasteiger partial charge in [0.1, 0.15) is 0 Å². The standard InChI is InChI=1S/C22H31N3O3/c1-2-28-22(27)12-9-18-7-10-19(11-8-18)23-21(26)17-24-13-15-25(16-14-24)20-5-3-4-6-20/h7-12,20H,2-6,13-17H2,1H3,(H,23,26)/b12-9+. The largest absolute Gasteiger partial charge is 0.463 e. The summed E-state index contributed by atoms with van der Waals surface area (Å²) in [4.78, 5) is 28.5. The summed E-state index contributed by atoms with van der Waals surface area (Å²) in [7, 11) is 0. The molecule has 1 N–H and O–H groups in total. The Morgan fingerprint density at radius 2 is 1.79 bits per heavy atom. The van der Waals surface area contributed by atoms with Crippen LogP contribution in [0, 0.1) is 0 Å². The van der Waals surface area contributed by atoms with Gasteiger partial charge < -0.3 is 10.1 Å². The van der Waals surface area contributed by atoms with E-state index in [0.717, 1.165) is 43.5 Å². The first-order valence-electron chi connectivity index (χ1n) is 10.3. The molecule has 2 fully saturated rings. The highest BCUT2D eigenvalue weighted by Crippen LogP contribution is 2.24. The van der Waals surface area contributed by atoms with Crippen molar-refractivity contribution in [3.8, 4) is 0 Å². The molecule has 6 heteroatoms. The summed E-state index contributed by atoms with van der Waals surface area (Å²) in [5.74, 6) is -0.336. The lowest BCUT2D eigenvalue weighted by molar-refractivity contribution is -0.137. The molecule has 0 aromatic heterocycles. The SMILES string of the molecule is CCOC(=O)/C=C/c1ccc(NC(=O)CN2CCN(C3CCCC3)CC2)cc1. The average molecular weight is 386 g/mol. The zero-order valence-electron chi connectivity index (χ0n) is 16.7. The maximum absolute atomic E-state index is 12.3. The summed E-state index contributed by atoms with van der Waals surface area (Å²) in [6, 6.07) is 8.20. The second kappa shape index (κ2) is 10.4. The maximum Gasteiger partial charge on any atom is 0.330 e. The van der Waals surface area contributed by atoms with Gasteiger partial charge in [0.2, 0.25) is 5.91 Å². The molecular formula is C22H31N3O3. The molecule has 1 amide bonds. The first-order chi connectivity index (χ1) is 13.6. The second-order valence-electron chi connectivity index (χ2n) is 7.51. The second-order valence-corrected chi connectivity index (χ2v) is 7.51. The number of hydrogen-bond donors (Lipinski definition) is 1. The third-order valence-corrected chi connectivity index (χ3v) is 5.51. The maximum atomic E-state index is 12.3. The van der Waals surface area contributed by atoms with Crippen molar-refractivity contribution in [3.63, 3.8) is 0 Å². The van der Waals surface area contributed by atoms with E-state index in [1.807, 2.05) is 24.3 Å². The van der Waals surface area contributed by atoms with Gasteiger partial charge in [-0.25, -0.2) is 4.79 Å². The number of piperazine rings is 1.